The molecule has 0 bridgehead atoms. The molecule has 0 amide bonds. The lowest BCUT2D eigenvalue weighted by Crippen LogP contribution is -2.44. The fourth-order valence-electron chi connectivity index (χ4n) is 3.09. The summed E-state index contributed by atoms with van der Waals surface area (Å²) in [6.07, 6.45) is 2.58. The Balaban J connectivity index is 2.15. The van der Waals surface area contributed by atoms with Crippen molar-refractivity contribution in [2.24, 2.45) is 0 Å². The van der Waals surface area contributed by atoms with Crippen molar-refractivity contribution in [2.45, 2.75) is 58.0 Å². The van der Waals surface area contributed by atoms with E-state index < -0.39 is 0 Å². The first-order valence-corrected chi connectivity index (χ1v) is 6.84. The lowest BCUT2D eigenvalue weighted by atomic mass is 9.96. The van der Waals surface area contributed by atoms with Gasteiger partial charge in [0, 0.05) is 18.1 Å². The first kappa shape index (κ1) is 12.6. The third kappa shape index (κ3) is 2.71. The molecule has 17 heavy (non-hydrogen) atoms. The molecule has 94 valence electrons. The van der Waals surface area contributed by atoms with Gasteiger partial charge in [0.1, 0.15) is 0 Å². The van der Waals surface area contributed by atoms with Gasteiger partial charge in [0.05, 0.1) is 0 Å². The Morgan fingerprint density at radius 3 is 2.29 bits per heavy atom. The minimum Gasteiger partial charge on any atom is -0.295 e. The van der Waals surface area contributed by atoms with Crippen LogP contribution in [0.4, 0.5) is 0 Å². The molecule has 1 aliphatic heterocycles. The third-order valence-corrected chi connectivity index (χ3v) is 4.02. The van der Waals surface area contributed by atoms with Gasteiger partial charge in [-0.15, -0.1) is 0 Å². The summed E-state index contributed by atoms with van der Waals surface area (Å²) < 4.78 is 0. The lowest BCUT2D eigenvalue weighted by Gasteiger charge is -2.36. The van der Waals surface area contributed by atoms with Crippen LogP contribution >= 0.6 is 0 Å². The fraction of sp³-hybridized carbons (Fsp3) is 0.625. The summed E-state index contributed by atoms with van der Waals surface area (Å²) in [6, 6.07) is 11.7. The van der Waals surface area contributed by atoms with Crippen molar-refractivity contribution < 1.29 is 0 Å². The highest BCUT2D eigenvalue weighted by Crippen LogP contribution is 2.37. The van der Waals surface area contributed by atoms with Crippen LogP contribution in [0.2, 0.25) is 0 Å². The Hall–Kier alpha value is -0.820. The van der Waals surface area contributed by atoms with Gasteiger partial charge in [0.15, 0.2) is 0 Å². The summed E-state index contributed by atoms with van der Waals surface area (Å²) in [5.41, 5.74) is 1.81. The quantitative estimate of drug-likeness (QED) is 0.742. The van der Waals surface area contributed by atoms with E-state index in [0.717, 1.165) is 12.0 Å². The predicted octanol–water partition coefficient (Wildman–Crippen LogP) is 4.05. The average molecular weight is 231 g/mol. The monoisotopic (exact) mass is 231 g/mol. The molecule has 1 fully saturated rings. The van der Waals surface area contributed by atoms with Gasteiger partial charge in [-0.1, -0.05) is 37.3 Å². The highest BCUT2D eigenvalue weighted by Gasteiger charge is 2.37. The Bertz CT molecular complexity index is 350. The molecule has 0 spiro atoms. The molecule has 2 unspecified atom stereocenters. The Morgan fingerprint density at radius 1 is 1.18 bits per heavy atom. The summed E-state index contributed by atoms with van der Waals surface area (Å²) in [5.74, 6) is 0.723. The van der Waals surface area contributed by atoms with Crippen molar-refractivity contribution in [2.75, 3.05) is 6.54 Å². The van der Waals surface area contributed by atoms with Gasteiger partial charge in [0.2, 0.25) is 0 Å². The van der Waals surface area contributed by atoms with Gasteiger partial charge in [-0.3, -0.25) is 4.90 Å². The van der Waals surface area contributed by atoms with Gasteiger partial charge < -0.3 is 0 Å². The molecule has 0 aromatic heterocycles. The van der Waals surface area contributed by atoms with Gasteiger partial charge in [0.25, 0.3) is 0 Å². The smallest absolute Gasteiger partial charge is 0.0128 e. The zero-order valence-corrected chi connectivity index (χ0v) is 11.6. The van der Waals surface area contributed by atoms with Crippen LogP contribution in [-0.2, 0) is 0 Å². The summed E-state index contributed by atoms with van der Waals surface area (Å²) in [5, 5.41) is 0. The van der Waals surface area contributed by atoms with E-state index in [9.17, 15) is 0 Å². The number of hydrogen-bond acceptors (Lipinski definition) is 1. The van der Waals surface area contributed by atoms with E-state index in [1.807, 2.05) is 0 Å². The van der Waals surface area contributed by atoms with E-state index >= 15 is 0 Å². The number of likely N-dealkylation sites (tertiary alicyclic amines) is 1. The summed E-state index contributed by atoms with van der Waals surface area (Å²) in [6.45, 7) is 10.5. The SMILES string of the molecule is CCC1CC(c2ccccc2)CN1C(C)(C)C. The van der Waals surface area contributed by atoms with E-state index in [1.165, 1.54) is 24.9 Å². The van der Waals surface area contributed by atoms with Crippen LogP contribution in [0.1, 0.15) is 52.0 Å². The van der Waals surface area contributed by atoms with E-state index in [-0.39, 0.29) is 0 Å². The second-order valence-corrected chi connectivity index (χ2v) is 6.23. The molecule has 1 heterocycles. The van der Waals surface area contributed by atoms with E-state index in [1.54, 1.807) is 0 Å². The van der Waals surface area contributed by atoms with Crippen LogP contribution in [0.3, 0.4) is 0 Å². The summed E-state index contributed by atoms with van der Waals surface area (Å²) >= 11 is 0. The van der Waals surface area contributed by atoms with Crippen LogP contribution < -0.4 is 0 Å². The van der Waals surface area contributed by atoms with Gasteiger partial charge in [-0.2, -0.15) is 0 Å². The molecule has 1 heteroatoms. The first-order chi connectivity index (χ1) is 8.02. The van der Waals surface area contributed by atoms with Crippen LogP contribution in [-0.4, -0.2) is 23.0 Å². The number of hydrogen-bond donors (Lipinski definition) is 0. The molecule has 1 saturated heterocycles. The minimum absolute atomic E-state index is 0.296. The number of nitrogens with zero attached hydrogens (tertiary/aromatic N) is 1. The normalized spacial score (nSPS) is 26.4. The van der Waals surface area contributed by atoms with E-state index in [0.29, 0.717) is 5.54 Å². The highest BCUT2D eigenvalue weighted by molar-refractivity contribution is 5.22. The molecule has 0 N–H and O–H groups in total. The minimum atomic E-state index is 0.296. The molecular weight excluding hydrogens is 206 g/mol. The predicted molar refractivity (Wildman–Crippen MR) is 74.3 cm³/mol. The largest absolute Gasteiger partial charge is 0.295 e. The fourth-order valence-corrected chi connectivity index (χ4v) is 3.09. The van der Waals surface area contributed by atoms with Gasteiger partial charge in [-0.05, 0) is 45.1 Å². The van der Waals surface area contributed by atoms with E-state index in [2.05, 4.69) is 62.9 Å². The summed E-state index contributed by atoms with van der Waals surface area (Å²) in [7, 11) is 0. The molecular formula is C16H25N. The number of benzene rings is 1. The molecule has 2 atom stereocenters. The Kier molecular flexibility index (Phi) is 3.58. The maximum absolute atomic E-state index is 2.69. The third-order valence-electron chi connectivity index (χ3n) is 4.02. The van der Waals surface area contributed by atoms with Gasteiger partial charge >= 0.3 is 0 Å². The van der Waals surface area contributed by atoms with Crippen LogP contribution in [0.5, 0.6) is 0 Å². The lowest BCUT2D eigenvalue weighted by molar-refractivity contribution is 0.118. The van der Waals surface area contributed by atoms with Crippen LogP contribution in [0.15, 0.2) is 30.3 Å². The Morgan fingerprint density at radius 2 is 1.82 bits per heavy atom. The Labute approximate surface area is 106 Å². The first-order valence-electron chi connectivity index (χ1n) is 6.84. The van der Waals surface area contributed by atoms with Crippen LogP contribution in [0.25, 0.3) is 0 Å². The second kappa shape index (κ2) is 4.81. The summed E-state index contributed by atoms with van der Waals surface area (Å²) in [4.78, 5) is 2.69. The van der Waals surface area contributed by atoms with Crippen molar-refractivity contribution in [3.8, 4) is 0 Å². The molecule has 0 aliphatic carbocycles. The second-order valence-electron chi connectivity index (χ2n) is 6.23. The van der Waals surface area contributed by atoms with E-state index in [4.69, 9.17) is 0 Å². The maximum Gasteiger partial charge on any atom is 0.0128 e. The maximum atomic E-state index is 2.69. The molecule has 1 aliphatic rings. The zero-order chi connectivity index (χ0) is 12.5. The van der Waals surface area contributed by atoms with Crippen molar-refractivity contribution in [1.82, 2.24) is 4.90 Å². The molecule has 0 saturated carbocycles. The molecule has 1 aromatic carbocycles. The van der Waals surface area contributed by atoms with Crippen molar-refractivity contribution >= 4 is 0 Å². The van der Waals surface area contributed by atoms with Crippen molar-refractivity contribution in [3.05, 3.63) is 35.9 Å². The average Bonchev–Trinajstić information content (AvgIpc) is 2.74. The topological polar surface area (TPSA) is 3.24 Å². The van der Waals surface area contributed by atoms with Crippen molar-refractivity contribution in [1.29, 1.82) is 0 Å². The van der Waals surface area contributed by atoms with Crippen molar-refractivity contribution in [3.63, 3.8) is 0 Å². The van der Waals surface area contributed by atoms with Crippen LogP contribution in [0, 0.1) is 0 Å². The highest BCUT2D eigenvalue weighted by atomic mass is 15.2. The molecule has 1 aromatic rings. The standard InChI is InChI=1S/C16H25N/c1-5-15-11-14(12-17(15)16(2,3)4)13-9-7-6-8-10-13/h6-10,14-15H,5,11-12H2,1-4H3. The zero-order valence-electron chi connectivity index (χ0n) is 11.6. The molecule has 2 rings (SSSR count). The van der Waals surface area contributed by atoms with Gasteiger partial charge in [-0.25, -0.2) is 0 Å². The number of rotatable bonds is 2. The molecule has 1 nitrogen and oxygen atoms in total. The molecule has 0 radical (unpaired) electrons.